The molecule has 2 heteroatoms. The summed E-state index contributed by atoms with van der Waals surface area (Å²) in [4.78, 5) is 0. The normalized spacial score (nSPS) is 11.5. The highest BCUT2D eigenvalue weighted by molar-refractivity contribution is 4.95. The molecule has 0 aromatic carbocycles. The number of nitrogens with one attached hydrogen (secondary N) is 1. The van der Waals surface area contributed by atoms with Gasteiger partial charge in [0.05, 0.1) is 5.70 Å². The maximum atomic E-state index is 6.62. The Bertz CT molecular complexity index is 94.7. The van der Waals surface area contributed by atoms with Gasteiger partial charge in [0.1, 0.15) is 0 Å². The van der Waals surface area contributed by atoms with E-state index in [9.17, 15) is 0 Å². The van der Waals surface area contributed by atoms with Crippen LogP contribution in [0.15, 0.2) is 16.9 Å². The maximum absolute atomic E-state index is 6.62. The Kier molecular flexibility index (Phi) is 4.13. The minimum atomic E-state index is 0.872. The van der Waals surface area contributed by atoms with Crippen molar-refractivity contribution < 1.29 is 0 Å². The number of allylic oxidation sites excluding steroid dienone is 2. The summed E-state index contributed by atoms with van der Waals surface area (Å²) in [6.07, 6.45) is 3.82. The molecule has 0 aromatic rings. The van der Waals surface area contributed by atoms with Crippen LogP contribution in [0, 0.1) is 5.53 Å². The first kappa shape index (κ1) is 7.34. The molecule has 0 rings (SSSR count). The zero-order chi connectivity index (χ0) is 6.41. The van der Waals surface area contributed by atoms with E-state index < -0.39 is 0 Å². The average Bonchev–Trinajstić information content (AvgIpc) is 1.83. The Balaban J connectivity index is 3.66. The summed E-state index contributed by atoms with van der Waals surface area (Å²) >= 11 is 0. The zero-order valence-electron chi connectivity index (χ0n) is 5.44. The molecule has 0 aliphatic heterocycles. The first-order valence-electron chi connectivity index (χ1n) is 2.91. The molecule has 0 aromatic heterocycles. The second kappa shape index (κ2) is 4.50. The van der Waals surface area contributed by atoms with E-state index in [0.717, 1.165) is 18.5 Å². The molecule has 1 N–H and O–H groups in total. The van der Waals surface area contributed by atoms with Crippen molar-refractivity contribution >= 4 is 0 Å². The van der Waals surface area contributed by atoms with E-state index in [0.29, 0.717) is 0 Å². The van der Waals surface area contributed by atoms with Gasteiger partial charge in [0.2, 0.25) is 0 Å². The predicted octanol–water partition coefficient (Wildman–Crippen LogP) is 2.72. The molecule has 46 valence electrons. The molecule has 2 nitrogen and oxygen atoms in total. The van der Waals surface area contributed by atoms with Gasteiger partial charge >= 0.3 is 0 Å². The monoisotopic (exact) mass is 112 g/mol. The van der Waals surface area contributed by atoms with Crippen LogP contribution in [0.4, 0.5) is 0 Å². The third-order valence-corrected chi connectivity index (χ3v) is 0.946. The standard InChI is InChI=1S/C6H12N2/c1-3-5-6(4-2)8-7/h5,7H,3-4H2,1-2H3/b6-5+,8-7?. The quantitative estimate of drug-likeness (QED) is 0.545. The van der Waals surface area contributed by atoms with Crippen LogP contribution in [-0.4, -0.2) is 0 Å². The summed E-state index contributed by atoms with van der Waals surface area (Å²) in [5, 5.41) is 3.31. The van der Waals surface area contributed by atoms with Gasteiger partial charge in [0.15, 0.2) is 0 Å². The summed E-state index contributed by atoms with van der Waals surface area (Å²) in [5.41, 5.74) is 7.50. The lowest BCUT2D eigenvalue weighted by Crippen LogP contribution is -1.70. The molecule has 0 saturated carbocycles. The van der Waals surface area contributed by atoms with Gasteiger partial charge in [-0.05, 0) is 12.8 Å². The lowest BCUT2D eigenvalue weighted by molar-refractivity contribution is 0.943. The Hall–Kier alpha value is -0.660. The van der Waals surface area contributed by atoms with Crippen molar-refractivity contribution in [2.24, 2.45) is 5.11 Å². The van der Waals surface area contributed by atoms with Crippen molar-refractivity contribution in [2.75, 3.05) is 0 Å². The third-order valence-electron chi connectivity index (χ3n) is 0.946. The minimum Gasteiger partial charge on any atom is -0.205 e. The van der Waals surface area contributed by atoms with Crippen LogP contribution in [0.25, 0.3) is 0 Å². The average molecular weight is 112 g/mol. The number of hydrogen-bond acceptors (Lipinski definition) is 2. The van der Waals surface area contributed by atoms with E-state index in [2.05, 4.69) is 5.11 Å². The van der Waals surface area contributed by atoms with Crippen molar-refractivity contribution in [1.29, 1.82) is 5.53 Å². The highest BCUT2D eigenvalue weighted by atomic mass is 15.0. The fraction of sp³-hybridized carbons (Fsp3) is 0.667. The van der Waals surface area contributed by atoms with E-state index in [1.54, 1.807) is 0 Å². The van der Waals surface area contributed by atoms with Crippen molar-refractivity contribution in [3.63, 3.8) is 0 Å². The molecule has 8 heavy (non-hydrogen) atoms. The highest BCUT2D eigenvalue weighted by Crippen LogP contribution is 2.01. The lowest BCUT2D eigenvalue weighted by atomic mass is 10.3. The lowest BCUT2D eigenvalue weighted by Gasteiger charge is -1.88. The largest absolute Gasteiger partial charge is 0.205 e. The van der Waals surface area contributed by atoms with Crippen molar-refractivity contribution in [3.05, 3.63) is 11.8 Å². The SMILES string of the molecule is CC/C=C(\CC)N=N. The fourth-order valence-corrected chi connectivity index (χ4v) is 0.505. The van der Waals surface area contributed by atoms with Gasteiger partial charge in [-0.1, -0.05) is 19.9 Å². The Morgan fingerprint density at radius 2 is 2.25 bits per heavy atom. The summed E-state index contributed by atoms with van der Waals surface area (Å²) in [6.45, 7) is 4.04. The van der Waals surface area contributed by atoms with Crippen LogP contribution < -0.4 is 0 Å². The molecule has 0 saturated heterocycles. The first-order valence-corrected chi connectivity index (χ1v) is 2.91. The van der Waals surface area contributed by atoms with Crippen LogP contribution in [-0.2, 0) is 0 Å². The number of hydrogen-bond donors (Lipinski definition) is 1. The Morgan fingerprint density at radius 3 is 2.38 bits per heavy atom. The summed E-state index contributed by atoms with van der Waals surface area (Å²) < 4.78 is 0. The van der Waals surface area contributed by atoms with E-state index in [4.69, 9.17) is 5.53 Å². The molecule has 0 bridgehead atoms. The molecule has 0 unspecified atom stereocenters. The molecule has 0 aliphatic carbocycles. The van der Waals surface area contributed by atoms with Gasteiger partial charge < -0.3 is 0 Å². The molecular formula is C6H12N2. The second-order valence-corrected chi connectivity index (χ2v) is 1.57. The van der Waals surface area contributed by atoms with Gasteiger partial charge in [-0.2, -0.15) is 5.11 Å². The Morgan fingerprint density at radius 1 is 1.62 bits per heavy atom. The molecule has 0 fully saturated rings. The molecule has 0 atom stereocenters. The molecule has 0 amide bonds. The summed E-state index contributed by atoms with van der Waals surface area (Å²) in [7, 11) is 0. The summed E-state index contributed by atoms with van der Waals surface area (Å²) in [5.74, 6) is 0. The van der Waals surface area contributed by atoms with E-state index in [1.165, 1.54) is 0 Å². The van der Waals surface area contributed by atoms with E-state index in [1.807, 2.05) is 19.9 Å². The molecule has 0 heterocycles. The van der Waals surface area contributed by atoms with Crippen LogP contribution in [0.1, 0.15) is 26.7 Å². The third kappa shape index (κ3) is 2.50. The van der Waals surface area contributed by atoms with Crippen LogP contribution >= 0.6 is 0 Å². The number of rotatable bonds is 3. The van der Waals surface area contributed by atoms with Gasteiger partial charge in [-0.25, -0.2) is 5.53 Å². The van der Waals surface area contributed by atoms with Crippen LogP contribution in [0.3, 0.4) is 0 Å². The van der Waals surface area contributed by atoms with E-state index >= 15 is 0 Å². The van der Waals surface area contributed by atoms with Gasteiger partial charge in [0, 0.05) is 0 Å². The van der Waals surface area contributed by atoms with Crippen LogP contribution in [0.2, 0.25) is 0 Å². The molecule has 0 radical (unpaired) electrons. The highest BCUT2D eigenvalue weighted by Gasteiger charge is 1.83. The van der Waals surface area contributed by atoms with Gasteiger partial charge in [-0.15, -0.1) is 0 Å². The van der Waals surface area contributed by atoms with Crippen molar-refractivity contribution in [1.82, 2.24) is 0 Å². The zero-order valence-corrected chi connectivity index (χ0v) is 5.44. The van der Waals surface area contributed by atoms with Crippen LogP contribution in [0.5, 0.6) is 0 Å². The maximum Gasteiger partial charge on any atom is 0.0581 e. The second-order valence-electron chi connectivity index (χ2n) is 1.57. The Labute approximate surface area is 50.1 Å². The first-order chi connectivity index (χ1) is 3.85. The van der Waals surface area contributed by atoms with E-state index in [-0.39, 0.29) is 0 Å². The van der Waals surface area contributed by atoms with Crippen molar-refractivity contribution in [2.45, 2.75) is 26.7 Å². The topological polar surface area (TPSA) is 36.2 Å². The fourth-order valence-electron chi connectivity index (χ4n) is 0.505. The molecule has 0 spiro atoms. The minimum absolute atomic E-state index is 0.872. The molecule has 0 aliphatic rings. The summed E-state index contributed by atoms with van der Waals surface area (Å²) in [6, 6.07) is 0. The van der Waals surface area contributed by atoms with Gasteiger partial charge in [-0.3, -0.25) is 0 Å². The predicted molar refractivity (Wildman–Crippen MR) is 33.8 cm³/mol. The smallest absolute Gasteiger partial charge is 0.0581 e. The number of nitrogens with zero attached hydrogens (tertiary/aromatic N) is 1. The van der Waals surface area contributed by atoms with Gasteiger partial charge in [0.25, 0.3) is 0 Å². The van der Waals surface area contributed by atoms with Crippen molar-refractivity contribution in [3.8, 4) is 0 Å². The molecular weight excluding hydrogens is 100 g/mol.